The van der Waals surface area contributed by atoms with Crippen molar-refractivity contribution in [2.45, 2.75) is 25.3 Å². The van der Waals surface area contributed by atoms with E-state index in [1.54, 1.807) is 0 Å². The molecule has 1 fully saturated rings. The summed E-state index contributed by atoms with van der Waals surface area (Å²) in [6.07, 6.45) is 1.84. The second-order valence-corrected chi connectivity index (χ2v) is 5.58. The fourth-order valence-electron chi connectivity index (χ4n) is 2.53. The number of amides is 2. The highest BCUT2D eigenvalue weighted by Crippen LogP contribution is 2.25. The third kappa shape index (κ3) is 4.11. The molecule has 1 aromatic rings. The Morgan fingerprint density at radius 3 is 2.38 bits per heavy atom. The summed E-state index contributed by atoms with van der Waals surface area (Å²) >= 11 is 0. The number of aliphatic carboxylic acids is 1. The number of urea groups is 1. The predicted molar refractivity (Wildman–Crippen MR) is 81.7 cm³/mol. The van der Waals surface area contributed by atoms with Crippen LogP contribution >= 0.6 is 0 Å². The first-order valence-electron chi connectivity index (χ1n) is 7.03. The first-order valence-corrected chi connectivity index (χ1v) is 7.03. The minimum atomic E-state index is -0.779. The highest BCUT2D eigenvalue weighted by atomic mass is 16.4. The minimum Gasteiger partial charge on any atom is -0.481 e. The van der Waals surface area contributed by atoms with E-state index < -0.39 is 5.97 Å². The molecule has 21 heavy (non-hydrogen) atoms. The second kappa shape index (κ2) is 6.47. The number of rotatable bonds is 4. The molecule has 0 heterocycles. The largest absolute Gasteiger partial charge is 0.481 e. The fourth-order valence-corrected chi connectivity index (χ4v) is 2.53. The topological polar surface area (TPSA) is 81.7 Å². The number of nitrogens with one attached hydrogen (secondary N) is 2. The maximum atomic E-state index is 11.9. The number of carboxylic acids is 1. The molecule has 1 aliphatic carbocycles. The molecular weight excluding hydrogens is 270 g/mol. The number of anilines is 2. The molecule has 0 spiro atoms. The molecule has 0 unspecified atom stereocenters. The number of hydrogen-bond donors (Lipinski definition) is 3. The number of carboxylic acid groups (broad SMARTS) is 1. The zero-order valence-corrected chi connectivity index (χ0v) is 12.3. The van der Waals surface area contributed by atoms with Crippen LogP contribution in [0.4, 0.5) is 16.2 Å². The van der Waals surface area contributed by atoms with Crippen molar-refractivity contribution in [1.82, 2.24) is 5.32 Å². The molecule has 0 saturated heterocycles. The van der Waals surface area contributed by atoms with Gasteiger partial charge >= 0.3 is 12.0 Å². The molecule has 1 aliphatic rings. The Labute approximate surface area is 124 Å². The Kier molecular flexibility index (Phi) is 4.67. The van der Waals surface area contributed by atoms with Crippen molar-refractivity contribution in [3.8, 4) is 0 Å². The van der Waals surface area contributed by atoms with E-state index in [4.69, 9.17) is 5.11 Å². The van der Waals surface area contributed by atoms with Crippen LogP contribution in [0.25, 0.3) is 0 Å². The lowest BCUT2D eigenvalue weighted by molar-refractivity contribution is -0.141. The van der Waals surface area contributed by atoms with Gasteiger partial charge in [-0.2, -0.15) is 0 Å². The van der Waals surface area contributed by atoms with Crippen LogP contribution in [0.15, 0.2) is 24.3 Å². The van der Waals surface area contributed by atoms with Crippen LogP contribution in [0.2, 0.25) is 0 Å². The highest BCUT2D eigenvalue weighted by Gasteiger charge is 2.30. The Morgan fingerprint density at radius 2 is 1.86 bits per heavy atom. The van der Waals surface area contributed by atoms with Gasteiger partial charge in [0.25, 0.3) is 0 Å². The molecule has 0 radical (unpaired) electrons. The monoisotopic (exact) mass is 291 g/mol. The lowest BCUT2D eigenvalue weighted by Gasteiger charge is -2.15. The summed E-state index contributed by atoms with van der Waals surface area (Å²) in [6, 6.07) is 7.17. The fraction of sp³-hybridized carbons (Fsp3) is 0.467. The van der Waals surface area contributed by atoms with E-state index in [1.807, 2.05) is 43.3 Å². The summed E-state index contributed by atoms with van der Waals surface area (Å²) in [5, 5.41) is 14.5. The molecule has 2 amide bonds. The standard InChI is InChI=1S/C15H21N3O3/c1-18(2)13-7-5-11(6-8-13)16-15(21)17-12-4-3-10(9-12)14(19)20/h5-8,10,12H,3-4,9H2,1-2H3,(H,19,20)(H2,16,17,21)/t10-,12+/m1/s1. The molecule has 0 aromatic heterocycles. The van der Waals surface area contributed by atoms with Gasteiger partial charge in [0.05, 0.1) is 5.92 Å². The molecule has 114 valence electrons. The van der Waals surface area contributed by atoms with Gasteiger partial charge in [-0.05, 0) is 43.5 Å². The van der Waals surface area contributed by atoms with E-state index in [-0.39, 0.29) is 18.0 Å². The van der Waals surface area contributed by atoms with Crippen molar-refractivity contribution >= 4 is 23.4 Å². The van der Waals surface area contributed by atoms with Gasteiger partial charge < -0.3 is 20.6 Å². The first-order chi connectivity index (χ1) is 9.95. The van der Waals surface area contributed by atoms with Crippen LogP contribution in [0, 0.1) is 5.92 Å². The van der Waals surface area contributed by atoms with Crippen molar-refractivity contribution in [2.75, 3.05) is 24.3 Å². The zero-order valence-electron chi connectivity index (χ0n) is 12.3. The highest BCUT2D eigenvalue weighted by molar-refractivity contribution is 5.89. The maximum Gasteiger partial charge on any atom is 0.319 e. The van der Waals surface area contributed by atoms with Crippen molar-refractivity contribution in [3.05, 3.63) is 24.3 Å². The van der Waals surface area contributed by atoms with Crippen LogP contribution in [-0.4, -0.2) is 37.2 Å². The average molecular weight is 291 g/mol. The van der Waals surface area contributed by atoms with Gasteiger partial charge in [-0.3, -0.25) is 4.79 Å². The molecule has 0 aliphatic heterocycles. The molecule has 1 aromatic carbocycles. The van der Waals surface area contributed by atoms with Gasteiger partial charge in [-0.15, -0.1) is 0 Å². The summed E-state index contributed by atoms with van der Waals surface area (Å²) in [6.45, 7) is 0. The predicted octanol–water partition coefficient (Wildman–Crippen LogP) is 2.13. The van der Waals surface area contributed by atoms with Crippen molar-refractivity contribution < 1.29 is 14.7 Å². The van der Waals surface area contributed by atoms with Gasteiger partial charge in [0.2, 0.25) is 0 Å². The van der Waals surface area contributed by atoms with Gasteiger partial charge in [-0.1, -0.05) is 0 Å². The maximum absolute atomic E-state index is 11.9. The van der Waals surface area contributed by atoms with E-state index in [1.165, 1.54) is 0 Å². The van der Waals surface area contributed by atoms with Gasteiger partial charge in [0.1, 0.15) is 0 Å². The molecule has 3 N–H and O–H groups in total. The van der Waals surface area contributed by atoms with E-state index in [9.17, 15) is 9.59 Å². The van der Waals surface area contributed by atoms with Crippen LogP contribution in [-0.2, 0) is 4.79 Å². The number of nitrogens with zero attached hydrogens (tertiary/aromatic N) is 1. The molecule has 6 nitrogen and oxygen atoms in total. The first kappa shape index (κ1) is 15.2. The normalized spacial score (nSPS) is 20.9. The van der Waals surface area contributed by atoms with Crippen LogP contribution in [0.1, 0.15) is 19.3 Å². The van der Waals surface area contributed by atoms with Gasteiger partial charge in [-0.25, -0.2) is 4.79 Å². The molecule has 6 heteroatoms. The molecular formula is C15H21N3O3. The van der Waals surface area contributed by atoms with Crippen LogP contribution < -0.4 is 15.5 Å². The summed E-state index contributed by atoms with van der Waals surface area (Å²) in [5.41, 5.74) is 1.77. The van der Waals surface area contributed by atoms with Crippen molar-refractivity contribution in [3.63, 3.8) is 0 Å². The Bertz CT molecular complexity index is 513. The number of carbonyl (C=O) groups is 2. The average Bonchev–Trinajstić information content (AvgIpc) is 2.87. The third-order valence-corrected chi connectivity index (χ3v) is 3.76. The Hall–Kier alpha value is -2.24. The summed E-state index contributed by atoms with van der Waals surface area (Å²) in [7, 11) is 3.90. The Morgan fingerprint density at radius 1 is 1.19 bits per heavy atom. The van der Waals surface area contributed by atoms with E-state index in [0.717, 1.165) is 5.69 Å². The third-order valence-electron chi connectivity index (χ3n) is 3.76. The minimum absolute atomic E-state index is 0.0628. The van der Waals surface area contributed by atoms with Gasteiger partial charge in [0, 0.05) is 31.5 Å². The van der Waals surface area contributed by atoms with Crippen molar-refractivity contribution in [1.29, 1.82) is 0 Å². The lowest BCUT2D eigenvalue weighted by atomic mass is 10.1. The molecule has 1 saturated carbocycles. The molecule has 2 atom stereocenters. The lowest BCUT2D eigenvalue weighted by Crippen LogP contribution is -2.36. The second-order valence-electron chi connectivity index (χ2n) is 5.58. The quantitative estimate of drug-likeness (QED) is 0.793. The van der Waals surface area contributed by atoms with E-state index in [2.05, 4.69) is 10.6 Å². The summed E-state index contributed by atoms with van der Waals surface area (Å²) in [4.78, 5) is 24.7. The smallest absolute Gasteiger partial charge is 0.319 e. The summed E-state index contributed by atoms with van der Waals surface area (Å²) in [5.74, 6) is -1.12. The molecule has 2 rings (SSSR count). The van der Waals surface area contributed by atoms with Crippen LogP contribution in [0.5, 0.6) is 0 Å². The van der Waals surface area contributed by atoms with Gasteiger partial charge in [0.15, 0.2) is 0 Å². The number of benzene rings is 1. The van der Waals surface area contributed by atoms with E-state index in [0.29, 0.717) is 24.9 Å². The molecule has 0 bridgehead atoms. The number of hydrogen-bond acceptors (Lipinski definition) is 3. The van der Waals surface area contributed by atoms with E-state index >= 15 is 0 Å². The van der Waals surface area contributed by atoms with Crippen molar-refractivity contribution in [2.24, 2.45) is 5.92 Å². The summed E-state index contributed by atoms with van der Waals surface area (Å²) < 4.78 is 0. The van der Waals surface area contributed by atoms with Crippen LogP contribution in [0.3, 0.4) is 0 Å². The SMILES string of the molecule is CN(C)c1ccc(NC(=O)N[C@H]2CC[C@@H](C(=O)O)C2)cc1. The number of carbonyl (C=O) groups excluding carboxylic acids is 1. The Balaban J connectivity index is 1.83. The zero-order chi connectivity index (χ0) is 15.4.